The number of ether oxygens (including phenoxy) is 1. The summed E-state index contributed by atoms with van der Waals surface area (Å²) in [6, 6.07) is 3.50. The average molecular weight is 237 g/mol. The summed E-state index contributed by atoms with van der Waals surface area (Å²) in [6.45, 7) is 3.96. The third-order valence-electron chi connectivity index (χ3n) is 3.41. The second-order valence-electron chi connectivity index (χ2n) is 4.84. The zero-order valence-corrected chi connectivity index (χ0v) is 10.6. The second kappa shape index (κ2) is 5.50. The van der Waals surface area contributed by atoms with Gasteiger partial charge >= 0.3 is 0 Å². The Hall–Kier alpha value is -1.09. The van der Waals surface area contributed by atoms with E-state index in [4.69, 9.17) is 4.74 Å². The molecular formula is C14H20FNO. The summed E-state index contributed by atoms with van der Waals surface area (Å²) in [5.41, 5.74) is 1.64. The zero-order valence-electron chi connectivity index (χ0n) is 10.6. The number of piperidine rings is 1. The number of benzene rings is 1. The molecule has 2 rings (SSSR count). The maximum absolute atomic E-state index is 14.0. The largest absolute Gasteiger partial charge is 0.496 e. The van der Waals surface area contributed by atoms with Crippen LogP contribution >= 0.6 is 0 Å². The lowest BCUT2D eigenvalue weighted by Gasteiger charge is -2.23. The number of nitrogens with one attached hydrogen (secondary N) is 1. The molecule has 1 N–H and O–H groups in total. The van der Waals surface area contributed by atoms with Gasteiger partial charge in [0.05, 0.1) is 7.11 Å². The van der Waals surface area contributed by atoms with Crippen molar-refractivity contribution in [2.24, 2.45) is 5.92 Å². The standard InChI is InChI=1S/C14H20FNO/c1-10-6-13(15)12(14(7-10)17-2)8-11-4-3-5-16-9-11/h6-7,11,16H,3-5,8-9H2,1-2H3. The highest BCUT2D eigenvalue weighted by Crippen LogP contribution is 2.28. The van der Waals surface area contributed by atoms with Crippen molar-refractivity contribution < 1.29 is 9.13 Å². The molecule has 0 amide bonds. The van der Waals surface area contributed by atoms with Gasteiger partial charge in [-0.3, -0.25) is 0 Å². The third kappa shape index (κ3) is 2.97. The molecule has 1 heterocycles. The number of halogens is 1. The number of hydrogen-bond acceptors (Lipinski definition) is 2. The molecule has 1 aromatic rings. The minimum Gasteiger partial charge on any atom is -0.496 e. The molecule has 94 valence electrons. The van der Waals surface area contributed by atoms with Crippen LogP contribution in [0.4, 0.5) is 4.39 Å². The topological polar surface area (TPSA) is 21.3 Å². The van der Waals surface area contributed by atoms with Crippen molar-refractivity contribution >= 4 is 0 Å². The van der Waals surface area contributed by atoms with Crippen LogP contribution in [0.2, 0.25) is 0 Å². The Kier molecular flexibility index (Phi) is 4.00. The van der Waals surface area contributed by atoms with E-state index in [1.807, 2.05) is 13.0 Å². The minimum atomic E-state index is -0.132. The van der Waals surface area contributed by atoms with E-state index in [1.54, 1.807) is 13.2 Å². The summed E-state index contributed by atoms with van der Waals surface area (Å²) in [5.74, 6) is 1.08. The monoisotopic (exact) mass is 237 g/mol. The maximum Gasteiger partial charge on any atom is 0.130 e. The van der Waals surface area contributed by atoms with Gasteiger partial charge in [-0.15, -0.1) is 0 Å². The van der Waals surface area contributed by atoms with Crippen molar-refractivity contribution in [2.45, 2.75) is 26.2 Å². The highest BCUT2D eigenvalue weighted by molar-refractivity contribution is 5.38. The van der Waals surface area contributed by atoms with Crippen LogP contribution in [0.3, 0.4) is 0 Å². The van der Waals surface area contributed by atoms with Crippen molar-refractivity contribution in [1.29, 1.82) is 0 Å². The van der Waals surface area contributed by atoms with Gasteiger partial charge in [0.1, 0.15) is 11.6 Å². The van der Waals surface area contributed by atoms with Gasteiger partial charge in [-0.1, -0.05) is 0 Å². The van der Waals surface area contributed by atoms with Crippen LogP contribution in [0.1, 0.15) is 24.0 Å². The van der Waals surface area contributed by atoms with Gasteiger partial charge in [0.25, 0.3) is 0 Å². The number of hydrogen-bond donors (Lipinski definition) is 1. The normalized spacial score (nSPS) is 20.3. The number of methoxy groups -OCH3 is 1. The van der Waals surface area contributed by atoms with Crippen molar-refractivity contribution in [3.63, 3.8) is 0 Å². The van der Waals surface area contributed by atoms with E-state index in [0.29, 0.717) is 11.7 Å². The van der Waals surface area contributed by atoms with Gasteiger partial charge in [0, 0.05) is 5.56 Å². The fourth-order valence-electron chi connectivity index (χ4n) is 2.51. The Morgan fingerprint density at radius 1 is 1.47 bits per heavy atom. The van der Waals surface area contributed by atoms with Gasteiger partial charge in [0.15, 0.2) is 0 Å². The van der Waals surface area contributed by atoms with E-state index in [0.717, 1.165) is 30.6 Å². The molecule has 0 saturated carbocycles. The Bertz CT molecular complexity index is 386. The van der Waals surface area contributed by atoms with Crippen LogP contribution in [0.5, 0.6) is 5.75 Å². The lowest BCUT2D eigenvalue weighted by atomic mass is 9.91. The fraction of sp³-hybridized carbons (Fsp3) is 0.571. The van der Waals surface area contributed by atoms with Gasteiger partial charge in [0.2, 0.25) is 0 Å². The van der Waals surface area contributed by atoms with E-state index < -0.39 is 0 Å². The van der Waals surface area contributed by atoms with Crippen LogP contribution in [-0.4, -0.2) is 20.2 Å². The summed E-state index contributed by atoms with van der Waals surface area (Å²) in [7, 11) is 1.61. The van der Waals surface area contributed by atoms with Crippen LogP contribution < -0.4 is 10.1 Å². The van der Waals surface area contributed by atoms with E-state index in [2.05, 4.69) is 5.32 Å². The quantitative estimate of drug-likeness (QED) is 0.872. The first-order valence-electron chi connectivity index (χ1n) is 6.24. The lowest BCUT2D eigenvalue weighted by Crippen LogP contribution is -2.31. The highest BCUT2D eigenvalue weighted by atomic mass is 19.1. The van der Waals surface area contributed by atoms with Gasteiger partial charge < -0.3 is 10.1 Å². The molecule has 1 atom stereocenters. The number of aryl methyl sites for hydroxylation is 1. The molecule has 0 radical (unpaired) electrons. The summed E-state index contributed by atoms with van der Waals surface area (Å²) in [6.07, 6.45) is 3.12. The molecule has 1 unspecified atom stereocenters. The van der Waals surface area contributed by atoms with Crippen molar-refractivity contribution in [3.8, 4) is 5.75 Å². The van der Waals surface area contributed by atoms with E-state index >= 15 is 0 Å². The summed E-state index contributed by atoms with van der Waals surface area (Å²) in [4.78, 5) is 0. The Balaban J connectivity index is 2.18. The predicted octanol–water partition coefficient (Wildman–Crippen LogP) is 2.68. The summed E-state index contributed by atoms with van der Waals surface area (Å²) in [5, 5.41) is 3.36. The molecule has 0 aliphatic carbocycles. The van der Waals surface area contributed by atoms with Crippen LogP contribution in [0, 0.1) is 18.7 Å². The Morgan fingerprint density at radius 3 is 2.94 bits per heavy atom. The molecule has 1 aromatic carbocycles. The Labute approximate surface area is 102 Å². The summed E-state index contributed by atoms with van der Waals surface area (Å²) >= 11 is 0. The van der Waals surface area contributed by atoms with E-state index in [-0.39, 0.29) is 5.82 Å². The molecule has 1 fully saturated rings. The zero-order chi connectivity index (χ0) is 12.3. The Morgan fingerprint density at radius 2 is 2.29 bits per heavy atom. The first-order chi connectivity index (χ1) is 8.20. The third-order valence-corrected chi connectivity index (χ3v) is 3.41. The fourth-order valence-corrected chi connectivity index (χ4v) is 2.51. The molecular weight excluding hydrogens is 217 g/mol. The second-order valence-corrected chi connectivity index (χ2v) is 4.84. The first kappa shape index (κ1) is 12.4. The molecule has 1 saturated heterocycles. The SMILES string of the molecule is COc1cc(C)cc(F)c1CC1CCCNC1. The van der Waals surface area contributed by atoms with Crippen LogP contribution in [-0.2, 0) is 6.42 Å². The minimum absolute atomic E-state index is 0.132. The van der Waals surface area contributed by atoms with E-state index in [9.17, 15) is 4.39 Å². The molecule has 0 aromatic heterocycles. The molecule has 1 aliphatic heterocycles. The van der Waals surface area contributed by atoms with Gasteiger partial charge in [-0.25, -0.2) is 4.39 Å². The molecule has 0 spiro atoms. The van der Waals surface area contributed by atoms with Crippen molar-refractivity contribution in [3.05, 3.63) is 29.1 Å². The average Bonchev–Trinajstić information content (AvgIpc) is 2.33. The maximum atomic E-state index is 14.0. The van der Waals surface area contributed by atoms with Crippen molar-refractivity contribution in [2.75, 3.05) is 20.2 Å². The summed E-state index contributed by atoms with van der Waals surface area (Å²) < 4.78 is 19.2. The van der Waals surface area contributed by atoms with E-state index in [1.165, 1.54) is 12.8 Å². The first-order valence-corrected chi connectivity index (χ1v) is 6.24. The van der Waals surface area contributed by atoms with Crippen LogP contribution in [0.15, 0.2) is 12.1 Å². The van der Waals surface area contributed by atoms with Crippen LogP contribution in [0.25, 0.3) is 0 Å². The smallest absolute Gasteiger partial charge is 0.130 e. The number of rotatable bonds is 3. The molecule has 3 heteroatoms. The van der Waals surface area contributed by atoms with Gasteiger partial charge in [-0.2, -0.15) is 0 Å². The molecule has 0 bridgehead atoms. The highest BCUT2D eigenvalue weighted by Gasteiger charge is 2.18. The lowest BCUT2D eigenvalue weighted by molar-refractivity contribution is 0.357. The van der Waals surface area contributed by atoms with Gasteiger partial charge in [-0.05, 0) is 62.9 Å². The predicted molar refractivity (Wildman–Crippen MR) is 67.0 cm³/mol. The molecule has 17 heavy (non-hydrogen) atoms. The van der Waals surface area contributed by atoms with Crippen molar-refractivity contribution in [1.82, 2.24) is 5.32 Å². The molecule has 2 nitrogen and oxygen atoms in total. The molecule has 1 aliphatic rings.